The van der Waals surface area contributed by atoms with Crippen LogP contribution in [0.1, 0.15) is 38.4 Å². The second-order valence-corrected chi connectivity index (χ2v) is 3.93. The summed E-state index contributed by atoms with van der Waals surface area (Å²) in [7, 11) is 0. The van der Waals surface area contributed by atoms with Crippen LogP contribution in [0.25, 0.3) is 5.57 Å². The van der Waals surface area contributed by atoms with E-state index >= 15 is 0 Å². The van der Waals surface area contributed by atoms with E-state index in [0.717, 1.165) is 12.1 Å². The smallest absolute Gasteiger partial charge is 0.0661 e. The average Bonchev–Trinajstić information content (AvgIpc) is 2.25. The first-order chi connectivity index (χ1) is 7.13. The summed E-state index contributed by atoms with van der Waals surface area (Å²) in [5.41, 5.74) is 4.92. The summed E-state index contributed by atoms with van der Waals surface area (Å²) in [4.78, 5) is 4.35. The Morgan fingerprint density at radius 2 is 2.07 bits per heavy atom. The Morgan fingerprint density at radius 1 is 1.33 bits per heavy atom. The molecule has 0 bridgehead atoms. The van der Waals surface area contributed by atoms with Gasteiger partial charge in [-0.15, -0.1) is 0 Å². The molecule has 1 aromatic rings. The molecule has 0 aromatic carbocycles. The summed E-state index contributed by atoms with van der Waals surface area (Å²) < 4.78 is 0. The molecule has 0 radical (unpaired) electrons. The summed E-state index contributed by atoms with van der Waals surface area (Å²) in [6, 6.07) is 4.13. The Morgan fingerprint density at radius 3 is 2.67 bits per heavy atom. The van der Waals surface area contributed by atoms with Crippen molar-refractivity contribution >= 4 is 5.57 Å². The molecular weight excluding hydrogens is 182 g/mol. The van der Waals surface area contributed by atoms with E-state index in [9.17, 15) is 0 Å². The van der Waals surface area contributed by atoms with E-state index in [1.165, 1.54) is 16.7 Å². The molecule has 0 aliphatic carbocycles. The average molecular weight is 201 g/mol. The molecule has 0 spiro atoms. The summed E-state index contributed by atoms with van der Waals surface area (Å²) >= 11 is 0. The van der Waals surface area contributed by atoms with Crippen LogP contribution < -0.4 is 0 Å². The Balaban J connectivity index is 2.89. The Kier molecular flexibility index (Phi) is 4.29. The van der Waals surface area contributed by atoms with Crippen molar-refractivity contribution < 1.29 is 0 Å². The van der Waals surface area contributed by atoms with E-state index in [0.29, 0.717) is 0 Å². The second kappa shape index (κ2) is 5.50. The SMILES string of the molecule is CCC(C)=C/C=C(\C)c1cc(C)ccn1. The van der Waals surface area contributed by atoms with Gasteiger partial charge in [0.2, 0.25) is 0 Å². The number of hydrogen-bond acceptors (Lipinski definition) is 1. The molecule has 0 fully saturated rings. The molecule has 0 amide bonds. The van der Waals surface area contributed by atoms with Gasteiger partial charge in [-0.1, -0.05) is 24.6 Å². The lowest BCUT2D eigenvalue weighted by Gasteiger charge is -2.00. The molecule has 1 nitrogen and oxygen atoms in total. The molecule has 80 valence electrons. The molecule has 1 rings (SSSR count). The van der Waals surface area contributed by atoms with E-state index in [1.54, 1.807) is 0 Å². The molecule has 1 aromatic heterocycles. The van der Waals surface area contributed by atoms with Crippen molar-refractivity contribution in [1.29, 1.82) is 0 Å². The molecule has 0 atom stereocenters. The van der Waals surface area contributed by atoms with E-state index in [2.05, 4.69) is 50.9 Å². The van der Waals surface area contributed by atoms with Crippen LogP contribution >= 0.6 is 0 Å². The van der Waals surface area contributed by atoms with Gasteiger partial charge in [-0.3, -0.25) is 4.98 Å². The van der Waals surface area contributed by atoms with E-state index in [4.69, 9.17) is 0 Å². The second-order valence-electron chi connectivity index (χ2n) is 3.93. The largest absolute Gasteiger partial charge is 0.257 e. The van der Waals surface area contributed by atoms with Crippen LogP contribution in [0, 0.1) is 6.92 Å². The molecule has 1 heteroatoms. The van der Waals surface area contributed by atoms with Crippen LogP contribution in [-0.4, -0.2) is 4.98 Å². The normalized spacial score (nSPS) is 13.1. The minimum Gasteiger partial charge on any atom is -0.257 e. The van der Waals surface area contributed by atoms with Gasteiger partial charge in [-0.2, -0.15) is 0 Å². The fourth-order valence-corrected chi connectivity index (χ4v) is 1.22. The zero-order valence-corrected chi connectivity index (χ0v) is 10.0. The highest BCUT2D eigenvalue weighted by Crippen LogP contribution is 2.12. The van der Waals surface area contributed by atoms with Crippen molar-refractivity contribution in [3.63, 3.8) is 0 Å². The van der Waals surface area contributed by atoms with E-state index in [1.807, 2.05) is 12.3 Å². The standard InChI is InChI=1S/C14H19N/c1-5-11(2)6-7-13(4)14-10-12(3)8-9-15-14/h6-10H,5H2,1-4H3/b11-6?,13-7+. The maximum absolute atomic E-state index is 4.35. The topological polar surface area (TPSA) is 12.9 Å². The van der Waals surface area contributed by atoms with Gasteiger partial charge in [-0.05, 0) is 50.5 Å². The first kappa shape index (κ1) is 11.7. The fourth-order valence-electron chi connectivity index (χ4n) is 1.22. The number of allylic oxidation sites excluding steroid dienone is 4. The molecule has 0 aliphatic heterocycles. The van der Waals surface area contributed by atoms with Crippen molar-refractivity contribution in [2.24, 2.45) is 0 Å². The predicted molar refractivity (Wildman–Crippen MR) is 66.7 cm³/mol. The summed E-state index contributed by atoms with van der Waals surface area (Å²) in [6.07, 6.45) is 7.27. The summed E-state index contributed by atoms with van der Waals surface area (Å²) in [6.45, 7) is 8.50. The van der Waals surface area contributed by atoms with Gasteiger partial charge in [0.05, 0.1) is 5.69 Å². The third kappa shape index (κ3) is 3.70. The Bertz CT molecular complexity index is 386. The minimum absolute atomic E-state index is 1.06. The molecule has 0 saturated carbocycles. The molecule has 0 saturated heterocycles. The van der Waals surface area contributed by atoms with Crippen LogP contribution in [0.2, 0.25) is 0 Å². The van der Waals surface area contributed by atoms with Gasteiger partial charge < -0.3 is 0 Å². The molecule has 1 heterocycles. The highest BCUT2D eigenvalue weighted by atomic mass is 14.7. The Hall–Kier alpha value is -1.37. The quantitative estimate of drug-likeness (QED) is 0.669. The monoisotopic (exact) mass is 201 g/mol. The van der Waals surface area contributed by atoms with Crippen molar-refractivity contribution in [3.8, 4) is 0 Å². The molecule has 15 heavy (non-hydrogen) atoms. The number of aryl methyl sites for hydroxylation is 1. The number of aromatic nitrogens is 1. The van der Waals surface area contributed by atoms with Gasteiger partial charge in [0.25, 0.3) is 0 Å². The molecule has 0 aliphatic rings. The molecular formula is C14H19N. The Labute approximate surface area is 92.6 Å². The fraction of sp³-hybridized carbons (Fsp3) is 0.357. The summed E-state index contributed by atoms with van der Waals surface area (Å²) in [5, 5.41) is 0. The maximum atomic E-state index is 4.35. The first-order valence-electron chi connectivity index (χ1n) is 5.40. The van der Waals surface area contributed by atoms with Crippen molar-refractivity contribution in [2.45, 2.75) is 34.1 Å². The van der Waals surface area contributed by atoms with Gasteiger partial charge in [0.1, 0.15) is 0 Å². The molecule has 0 N–H and O–H groups in total. The first-order valence-corrected chi connectivity index (χ1v) is 5.40. The highest BCUT2D eigenvalue weighted by Gasteiger charge is 1.95. The lowest BCUT2D eigenvalue weighted by Crippen LogP contribution is -1.86. The van der Waals surface area contributed by atoms with Gasteiger partial charge in [0, 0.05) is 6.20 Å². The maximum Gasteiger partial charge on any atom is 0.0661 e. The van der Waals surface area contributed by atoms with Crippen molar-refractivity contribution in [1.82, 2.24) is 4.98 Å². The van der Waals surface area contributed by atoms with Crippen LogP contribution in [0.4, 0.5) is 0 Å². The zero-order chi connectivity index (χ0) is 11.3. The number of nitrogens with zero attached hydrogens (tertiary/aromatic N) is 1. The van der Waals surface area contributed by atoms with Crippen molar-refractivity contribution in [3.05, 3.63) is 47.3 Å². The van der Waals surface area contributed by atoms with Crippen LogP contribution in [0.5, 0.6) is 0 Å². The van der Waals surface area contributed by atoms with E-state index < -0.39 is 0 Å². The van der Waals surface area contributed by atoms with Crippen LogP contribution in [-0.2, 0) is 0 Å². The van der Waals surface area contributed by atoms with Gasteiger partial charge in [-0.25, -0.2) is 0 Å². The lowest BCUT2D eigenvalue weighted by atomic mass is 10.1. The van der Waals surface area contributed by atoms with Crippen LogP contribution in [0.15, 0.2) is 36.1 Å². The summed E-state index contributed by atoms with van der Waals surface area (Å²) in [5.74, 6) is 0. The molecule has 0 unspecified atom stereocenters. The zero-order valence-electron chi connectivity index (χ0n) is 10.0. The predicted octanol–water partition coefficient (Wildman–Crippen LogP) is 4.15. The van der Waals surface area contributed by atoms with E-state index in [-0.39, 0.29) is 0 Å². The van der Waals surface area contributed by atoms with Crippen molar-refractivity contribution in [2.75, 3.05) is 0 Å². The number of pyridine rings is 1. The van der Waals surface area contributed by atoms with Crippen LogP contribution in [0.3, 0.4) is 0 Å². The number of hydrogen-bond donors (Lipinski definition) is 0. The van der Waals surface area contributed by atoms with Gasteiger partial charge >= 0.3 is 0 Å². The lowest BCUT2D eigenvalue weighted by molar-refractivity contribution is 1.10. The van der Waals surface area contributed by atoms with Gasteiger partial charge in [0.15, 0.2) is 0 Å². The number of rotatable bonds is 3. The third-order valence-electron chi connectivity index (χ3n) is 2.49. The third-order valence-corrected chi connectivity index (χ3v) is 2.49. The highest BCUT2D eigenvalue weighted by molar-refractivity contribution is 5.62. The minimum atomic E-state index is 1.06.